The second-order valence-corrected chi connectivity index (χ2v) is 5.06. The molecule has 0 aromatic rings. The van der Waals surface area contributed by atoms with Crippen LogP contribution in [0.5, 0.6) is 0 Å². The maximum Gasteiger partial charge on any atom is 0.401 e. The summed E-state index contributed by atoms with van der Waals surface area (Å²) in [6, 6.07) is 0.406. The first-order valence-corrected chi connectivity index (χ1v) is 6.39. The largest absolute Gasteiger partial charge is 0.401 e. The molecular weight excluding hydrogens is 229 g/mol. The molecule has 2 unspecified atom stereocenters. The summed E-state index contributed by atoms with van der Waals surface area (Å²) in [5.41, 5.74) is 0. The van der Waals surface area contributed by atoms with Gasteiger partial charge < -0.3 is 5.32 Å². The van der Waals surface area contributed by atoms with Crippen molar-refractivity contribution in [1.82, 2.24) is 10.2 Å². The highest BCUT2D eigenvalue weighted by Gasteiger charge is 2.40. The Kier molecular flexibility index (Phi) is 5.25. The van der Waals surface area contributed by atoms with E-state index < -0.39 is 12.7 Å². The van der Waals surface area contributed by atoms with E-state index in [-0.39, 0.29) is 18.1 Å². The van der Waals surface area contributed by atoms with Crippen molar-refractivity contribution in [3.63, 3.8) is 0 Å². The van der Waals surface area contributed by atoms with E-state index in [0.717, 1.165) is 25.8 Å². The smallest absolute Gasteiger partial charge is 0.314 e. The molecule has 1 aliphatic carbocycles. The van der Waals surface area contributed by atoms with Gasteiger partial charge in [-0.3, -0.25) is 4.90 Å². The van der Waals surface area contributed by atoms with Gasteiger partial charge in [0.2, 0.25) is 0 Å². The molecule has 1 rings (SSSR count). The molecule has 1 fully saturated rings. The van der Waals surface area contributed by atoms with E-state index in [9.17, 15) is 13.2 Å². The number of nitrogens with zero attached hydrogens (tertiary/aromatic N) is 1. The molecule has 1 aliphatic rings. The highest BCUT2D eigenvalue weighted by molar-refractivity contribution is 4.89. The van der Waals surface area contributed by atoms with Crippen LogP contribution in [-0.4, -0.2) is 42.3 Å². The van der Waals surface area contributed by atoms with Crippen molar-refractivity contribution in [2.45, 2.75) is 64.3 Å². The monoisotopic (exact) mass is 252 g/mol. The van der Waals surface area contributed by atoms with E-state index in [1.54, 1.807) is 4.90 Å². The van der Waals surface area contributed by atoms with Crippen LogP contribution in [0.1, 0.15) is 40.0 Å². The van der Waals surface area contributed by atoms with Gasteiger partial charge in [0.05, 0.1) is 6.54 Å². The van der Waals surface area contributed by atoms with Crippen LogP contribution in [0, 0.1) is 0 Å². The molecule has 0 radical (unpaired) electrons. The van der Waals surface area contributed by atoms with Crippen molar-refractivity contribution in [3.8, 4) is 0 Å². The van der Waals surface area contributed by atoms with Crippen LogP contribution in [0.15, 0.2) is 0 Å². The van der Waals surface area contributed by atoms with Crippen molar-refractivity contribution in [3.05, 3.63) is 0 Å². The molecule has 0 spiro atoms. The molecular formula is C12H23F3N2. The predicted molar refractivity (Wildman–Crippen MR) is 63.0 cm³/mol. The van der Waals surface area contributed by atoms with E-state index in [4.69, 9.17) is 0 Å². The van der Waals surface area contributed by atoms with Crippen LogP contribution in [0.4, 0.5) is 13.2 Å². The molecule has 0 aromatic carbocycles. The third kappa shape index (κ3) is 5.73. The van der Waals surface area contributed by atoms with Gasteiger partial charge in [0.1, 0.15) is 0 Å². The molecule has 0 bridgehead atoms. The molecule has 17 heavy (non-hydrogen) atoms. The van der Waals surface area contributed by atoms with Crippen LogP contribution >= 0.6 is 0 Å². The minimum absolute atomic E-state index is 0.0156. The summed E-state index contributed by atoms with van der Waals surface area (Å²) in [5.74, 6) is 0. The summed E-state index contributed by atoms with van der Waals surface area (Å²) in [4.78, 5) is 1.62. The molecule has 2 nitrogen and oxygen atoms in total. The molecule has 1 N–H and O–H groups in total. The fraction of sp³-hybridized carbons (Fsp3) is 1.00. The first-order chi connectivity index (χ1) is 7.83. The second kappa shape index (κ2) is 6.05. The lowest BCUT2D eigenvalue weighted by Crippen LogP contribution is -2.44. The molecule has 0 aliphatic heterocycles. The summed E-state index contributed by atoms with van der Waals surface area (Å²) >= 11 is 0. The Morgan fingerprint density at radius 2 is 1.88 bits per heavy atom. The summed E-state index contributed by atoms with van der Waals surface area (Å²) in [6.07, 6.45) is -1.50. The minimum atomic E-state index is -4.09. The fourth-order valence-electron chi connectivity index (χ4n) is 2.34. The van der Waals surface area contributed by atoms with E-state index in [2.05, 4.69) is 5.32 Å². The van der Waals surface area contributed by atoms with Gasteiger partial charge in [-0.2, -0.15) is 13.2 Å². The van der Waals surface area contributed by atoms with Crippen LogP contribution in [0.2, 0.25) is 0 Å². The molecule has 0 amide bonds. The molecule has 0 saturated heterocycles. The summed E-state index contributed by atoms with van der Waals surface area (Å²) in [7, 11) is 0. The lowest BCUT2D eigenvalue weighted by Gasteiger charge is -2.31. The summed E-state index contributed by atoms with van der Waals surface area (Å²) < 4.78 is 37.4. The Hall–Kier alpha value is -0.290. The van der Waals surface area contributed by atoms with Crippen molar-refractivity contribution in [2.75, 3.05) is 13.1 Å². The van der Waals surface area contributed by atoms with Gasteiger partial charge in [-0.1, -0.05) is 6.92 Å². The Bertz CT molecular complexity index is 226. The number of alkyl halides is 3. The normalized spacial score (nSPS) is 20.6. The zero-order chi connectivity index (χ0) is 13.1. The maximum absolute atomic E-state index is 12.5. The number of rotatable bonds is 7. The minimum Gasteiger partial charge on any atom is -0.314 e. The quantitative estimate of drug-likeness (QED) is 0.749. The van der Waals surface area contributed by atoms with Gasteiger partial charge in [-0.05, 0) is 39.7 Å². The topological polar surface area (TPSA) is 15.3 Å². The standard InChI is InChI=1S/C12H23F3N2/c1-4-16-9(2)7-10(3)17(11-5-6-11)8-12(13,14)15/h9-11,16H,4-8H2,1-3H3. The number of nitrogens with one attached hydrogen (secondary N) is 1. The van der Waals surface area contributed by atoms with E-state index >= 15 is 0 Å². The van der Waals surface area contributed by atoms with E-state index in [1.165, 1.54) is 0 Å². The lowest BCUT2D eigenvalue weighted by atomic mass is 10.1. The highest BCUT2D eigenvalue weighted by Crippen LogP contribution is 2.32. The number of hydrogen-bond donors (Lipinski definition) is 1. The van der Waals surface area contributed by atoms with Crippen molar-refractivity contribution < 1.29 is 13.2 Å². The van der Waals surface area contributed by atoms with E-state index in [1.807, 2.05) is 20.8 Å². The maximum atomic E-state index is 12.5. The molecule has 102 valence electrons. The Balaban J connectivity index is 2.46. The Labute approximate surface area is 102 Å². The average Bonchev–Trinajstić information content (AvgIpc) is 2.95. The van der Waals surface area contributed by atoms with Gasteiger partial charge >= 0.3 is 6.18 Å². The lowest BCUT2D eigenvalue weighted by molar-refractivity contribution is -0.152. The van der Waals surface area contributed by atoms with Crippen molar-refractivity contribution in [2.24, 2.45) is 0 Å². The molecule has 5 heteroatoms. The Morgan fingerprint density at radius 3 is 2.29 bits per heavy atom. The van der Waals surface area contributed by atoms with Gasteiger partial charge in [0.25, 0.3) is 0 Å². The SMILES string of the molecule is CCNC(C)CC(C)N(CC(F)(F)F)C1CC1. The number of hydrogen-bond acceptors (Lipinski definition) is 2. The summed E-state index contributed by atoms with van der Waals surface area (Å²) in [5, 5.41) is 3.25. The predicted octanol–water partition coefficient (Wildman–Crippen LogP) is 2.79. The Morgan fingerprint density at radius 1 is 1.29 bits per heavy atom. The van der Waals surface area contributed by atoms with Gasteiger partial charge in [0.15, 0.2) is 0 Å². The molecule has 2 atom stereocenters. The van der Waals surface area contributed by atoms with Gasteiger partial charge in [-0.25, -0.2) is 0 Å². The fourth-order valence-corrected chi connectivity index (χ4v) is 2.34. The first-order valence-electron chi connectivity index (χ1n) is 6.39. The van der Waals surface area contributed by atoms with Gasteiger partial charge in [0, 0.05) is 18.1 Å². The van der Waals surface area contributed by atoms with E-state index in [0.29, 0.717) is 0 Å². The van der Waals surface area contributed by atoms with Crippen LogP contribution in [0.25, 0.3) is 0 Å². The second-order valence-electron chi connectivity index (χ2n) is 5.06. The number of halogens is 3. The molecule has 1 saturated carbocycles. The highest BCUT2D eigenvalue weighted by atomic mass is 19.4. The third-order valence-corrected chi connectivity index (χ3v) is 3.19. The molecule has 0 aromatic heterocycles. The zero-order valence-electron chi connectivity index (χ0n) is 10.8. The van der Waals surface area contributed by atoms with Crippen LogP contribution < -0.4 is 5.32 Å². The first kappa shape index (κ1) is 14.8. The zero-order valence-corrected chi connectivity index (χ0v) is 10.8. The molecule has 0 heterocycles. The van der Waals surface area contributed by atoms with Gasteiger partial charge in [-0.15, -0.1) is 0 Å². The average molecular weight is 252 g/mol. The van der Waals surface area contributed by atoms with Crippen LogP contribution in [0.3, 0.4) is 0 Å². The summed E-state index contributed by atoms with van der Waals surface area (Å²) in [6.45, 7) is 6.03. The van der Waals surface area contributed by atoms with Crippen molar-refractivity contribution >= 4 is 0 Å². The van der Waals surface area contributed by atoms with Crippen molar-refractivity contribution in [1.29, 1.82) is 0 Å². The van der Waals surface area contributed by atoms with Crippen LogP contribution in [-0.2, 0) is 0 Å². The third-order valence-electron chi connectivity index (χ3n) is 3.19.